The predicted octanol–water partition coefficient (Wildman–Crippen LogP) is 2.44. The van der Waals surface area contributed by atoms with E-state index in [0.29, 0.717) is 22.3 Å². The summed E-state index contributed by atoms with van der Waals surface area (Å²) >= 11 is 0. The lowest BCUT2D eigenvalue weighted by molar-refractivity contribution is -0.384. The third-order valence-corrected chi connectivity index (χ3v) is 3.46. The largest absolute Gasteiger partial charge is 0.394 e. The first-order valence-corrected chi connectivity index (χ1v) is 6.83. The number of hydrogen-bond acceptors (Lipinski definition) is 6. The second-order valence-electron chi connectivity index (χ2n) is 5.30. The number of fused-ring (bicyclic) bond motifs is 1. The fraction of sp³-hybridized carbons (Fsp3) is 0.333. The molecule has 114 valence electrons. The van der Waals surface area contributed by atoms with Gasteiger partial charge in [0.1, 0.15) is 5.82 Å². The molecular weight excluding hydrogens is 284 g/mol. The molecule has 22 heavy (non-hydrogen) atoms. The molecule has 2 aromatic rings. The Kier molecular flexibility index (Phi) is 4.53. The Labute approximate surface area is 127 Å². The summed E-state index contributed by atoms with van der Waals surface area (Å²) in [7, 11) is 0. The Bertz CT molecular complexity index is 752. The Hall–Kier alpha value is -2.72. The summed E-state index contributed by atoms with van der Waals surface area (Å²) in [5.41, 5.74) is 0.714. The summed E-state index contributed by atoms with van der Waals surface area (Å²) in [4.78, 5) is 14.7. The Morgan fingerprint density at radius 2 is 2.18 bits per heavy atom. The molecule has 2 rings (SSSR count). The molecular formula is C15H16N4O3. The maximum atomic E-state index is 10.8. The number of hydrogen-bond donors (Lipinski definition) is 2. The SMILES string of the molecule is CC(C)[C@@H](CO)Nc1cc(C#N)c2cc([N+](=O)[O-])ccc2n1. The molecule has 0 spiro atoms. The van der Waals surface area contributed by atoms with Crippen LogP contribution in [0.3, 0.4) is 0 Å². The van der Waals surface area contributed by atoms with Crippen LogP contribution in [0.1, 0.15) is 19.4 Å². The van der Waals surface area contributed by atoms with Gasteiger partial charge in [-0.3, -0.25) is 10.1 Å². The van der Waals surface area contributed by atoms with Gasteiger partial charge in [0.15, 0.2) is 0 Å². The molecule has 0 bridgehead atoms. The van der Waals surface area contributed by atoms with Gasteiger partial charge in [-0.1, -0.05) is 13.8 Å². The first kappa shape index (κ1) is 15.7. The number of nitro benzene ring substituents is 1. The van der Waals surface area contributed by atoms with E-state index in [1.165, 1.54) is 24.3 Å². The lowest BCUT2D eigenvalue weighted by atomic mass is 10.0. The lowest BCUT2D eigenvalue weighted by Crippen LogP contribution is -2.29. The van der Waals surface area contributed by atoms with Crippen LogP contribution >= 0.6 is 0 Å². The normalized spacial score (nSPS) is 12.1. The Morgan fingerprint density at radius 1 is 1.45 bits per heavy atom. The standard InChI is InChI=1S/C15H16N4O3/c1-9(2)14(8-20)18-15-5-10(7-16)12-6-11(19(21)22)3-4-13(12)17-15/h3-6,9,14,20H,8H2,1-2H3,(H,17,18)/t14-/m1/s1. The van der Waals surface area contributed by atoms with E-state index in [9.17, 15) is 20.5 Å². The molecule has 0 saturated carbocycles. The van der Waals surface area contributed by atoms with Gasteiger partial charge in [-0.05, 0) is 18.1 Å². The molecule has 0 aliphatic heterocycles. The molecule has 0 fully saturated rings. The van der Waals surface area contributed by atoms with E-state index in [-0.39, 0.29) is 24.3 Å². The van der Waals surface area contributed by atoms with Gasteiger partial charge < -0.3 is 10.4 Å². The third-order valence-electron chi connectivity index (χ3n) is 3.46. The van der Waals surface area contributed by atoms with Crippen molar-refractivity contribution in [2.75, 3.05) is 11.9 Å². The van der Waals surface area contributed by atoms with Crippen molar-refractivity contribution < 1.29 is 10.0 Å². The first-order valence-electron chi connectivity index (χ1n) is 6.83. The zero-order valence-electron chi connectivity index (χ0n) is 12.3. The number of aromatic nitrogens is 1. The molecule has 2 N–H and O–H groups in total. The average Bonchev–Trinajstić information content (AvgIpc) is 2.50. The molecule has 1 aromatic carbocycles. The molecule has 0 aliphatic carbocycles. The third kappa shape index (κ3) is 3.13. The van der Waals surface area contributed by atoms with Crippen LogP contribution in [0.25, 0.3) is 10.9 Å². The first-order chi connectivity index (χ1) is 10.5. The van der Waals surface area contributed by atoms with Gasteiger partial charge in [0.2, 0.25) is 0 Å². The molecule has 7 heteroatoms. The number of nitro groups is 1. The van der Waals surface area contributed by atoms with Crippen molar-refractivity contribution in [3.8, 4) is 6.07 Å². The summed E-state index contributed by atoms with van der Waals surface area (Å²) in [5.74, 6) is 0.649. The van der Waals surface area contributed by atoms with E-state index in [1.807, 2.05) is 19.9 Å². The number of nitrogens with zero attached hydrogens (tertiary/aromatic N) is 3. The van der Waals surface area contributed by atoms with Gasteiger partial charge in [0.25, 0.3) is 5.69 Å². The fourth-order valence-electron chi connectivity index (χ4n) is 2.11. The maximum absolute atomic E-state index is 10.8. The molecule has 0 amide bonds. The molecule has 1 atom stereocenters. The fourth-order valence-corrected chi connectivity index (χ4v) is 2.11. The topological polar surface area (TPSA) is 112 Å². The van der Waals surface area contributed by atoms with Crippen molar-refractivity contribution in [1.82, 2.24) is 4.98 Å². The summed E-state index contributed by atoms with van der Waals surface area (Å²) in [5, 5.41) is 33.0. The van der Waals surface area contributed by atoms with Gasteiger partial charge >= 0.3 is 0 Å². The van der Waals surface area contributed by atoms with Crippen molar-refractivity contribution in [3.63, 3.8) is 0 Å². The van der Waals surface area contributed by atoms with Gasteiger partial charge in [-0.15, -0.1) is 0 Å². The van der Waals surface area contributed by atoms with Gasteiger partial charge in [-0.2, -0.15) is 5.26 Å². The number of non-ortho nitro benzene ring substituents is 1. The summed E-state index contributed by atoms with van der Waals surface area (Å²) < 4.78 is 0. The quantitative estimate of drug-likeness (QED) is 0.648. The number of pyridine rings is 1. The van der Waals surface area contributed by atoms with Crippen molar-refractivity contribution >= 4 is 22.4 Å². The number of aliphatic hydroxyl groups excluding tert-OH is 1. The highest BCUT2D eigenvalue weighted by molar-refractivity contribution is 5.88. The minimum absolute atomic E-state index is 0.0560. The summed E-state index contributed by atoms with van der Waals surface area (Å²) in [6.07, 6.45) is 0. The van der Waals surface area contributed by atoms with Gasteiger partial charge in [0, 0.05) is 17.5 Å². The van der Waals surface area contributed by atoms with Crippen LogP contribution in [-0.4, -0.2) is 27.7 Å². The zero-order valence-corrected chi connectivity index (χ0v) is 12.3. The molecule has 0 aliphatic rings. The highest BCUT2D eigenvalue weighted by Gasteiger charge is 2.15. The van der Waals surface area contributed by atoms with Crippen molar-refractivity contribution in [2.45, 2.75) is 19.9 Å². The molecule has 0 radical (unpaired) electrons. The van der Waals surface area contributed by atoms with Crippen molar-refractivity contribution in [2.24, 2.45) is 5.92 Å². The predicted molar refractivity (Wildman–Crippen MR) is 82.4 cm³/mol. The van der Waals surface area contributed by atoms with Crippen LogP contribution < -0.4 is 5.32 Å². The minimum Gasteiger partial charge on any atom is -0.394 e. The lowest BCUT2D eigenvalue weighted by Gasteiger charge is -2.20. The Morgan fingerprint density at radius 3 is 2.73 bits per heavy atom. The van der Waals surface area contributed by atoms with Crippen LogP contribution in [0.4, 0.5) is 11.5 Å². The molecule has 0 unspecified atom stereocenters. The second-order valence-corrected chi connectivity index (χ2v) is 5.30. The number of anilines is 1. The van der Waals surface area contributed by atoms with Crippen molar-refractivity contribution in [1.29, 1.82) is 5.26 Å². The molecule has 1 heterocycles. The average molecular weight is 300 g/mol. The van der Waals surface area contributed by atoms with E-state index in [0.717, 1.165) is 0 Å². The van der Waals surface area contributed by atoms with Crippen LogP contribution in [0.5, 0.6) is 0 Å². The number of benzene rings is 1. The Balaban J connectivity index is 2.50. The smallest absolute Gasteiger partial charge is 0.270 e. The number of nitrogens with one attached hydrogen (secondary N) is 1. The maximum Gasteiger partial charge on any atom is 0.270 e. The van der Waals surface area contributed by atoms with E-state index in [2.05, 4.69) is 10.3 Å². The molecule has 0 saturated heterocycles. The number of aliphatic hydroxyl groups is 1. The monoisotopic (exact) mass is 300 g/mol. The molecule has 7 nitrogen and oxygen atoms in total. The summed E-state index contributed by atoms with van der Waals surface area (Å²) in [6.45, 7) is 3.87. The number of rotatable bonds is 5. The van der Waals surface area contributed by atoms with Crippen LogP contribution in [0.15, 0.2) is 24.3 Å². The van der Waals surface area contributed by atoms with Crippen LogP contribution in [0, 0.1) is 27.4 Å². The van der Waals surface area contributed by atoms with Gasteiger partial charge in [0.05, 0.1) is 34.7 Å². The highest BCUT2D eigenvalue weighted by atomic mass is 16.6. The van der Waals surface area contributed by atoms with E-state index >= 15 is 0 Å². The van der Waals surface area contributed by atoms with Crippen molar-refractivity contribution in [3.05, 3.63) is 39.9 Å². The van der Waals surface area contributed by atoms with Gasteiger partial charge in [-0.25, -0.2) is 4.98 Å². The minimum atomic E-state index is -0.507. The van der Waals surface area contributed by atoms with E-state index in [4.69, 9.17) is 0 Å². The second kappa shape index (κ2) is 6.37. The van der Waals surface area contributed by atoms with Crippen LogP contribution in [-0.2, 0) is 0 Å². The molecule has 1 aromatic heterocycles. The van der Waals surface area contributed by atoms with E-state index in [1.54, 1.807) is 0 Å². The van der Waals surface area contributed by atoms with Crippen LogP contribution in [0.2, 0.25) is 0 Å². The van der Waals surface area contributed by atoms with E-state index < -0.39 is 4.92 Å². The highest BCUT2D eigenvalue weighted by Crippen LogP contribution is 2.25. The summed E-state index contributed by atoms with van der Waals surface area (Å²) in [6, 6.07) is 7.60. The zero-order chi connectivity index (χ0) is 16.3. The number of nitriles is 1.